The Morgan fingerprint density at radius 3 is 2.24 bits per heavy atom. The Labute approximate surface area is 145 Å². The molecular weight excluding hydrogens is 328 g/mol. The topological polar surface area (TPSA) is 125 Å². The van der Waals surface area contributed by atoms with E-state index in [0.717, 1.165) is 0 Å². The number of carbonyl (C=O) groups excluding carboxylic acids is 4. The molecule has 8 nitrogen and oxygen atoms in total. The Balaban J connectivity index is 2.65. The average Bonchev–Trinajstić information content (AvgIpc) is 2.50. The standard InChI is InChI=1S/C17H22N2O6/c1-17(2,3)25-16(23)19-12(9-14(18)21)15(22)24-10-13(20)11-7-5-4-6-8-11/h4-8,12H,9-10H2,1-3H3,(H2,18,21)(H,19,23)/t12-/m0/s1. The van der Waals surface area contributed by atoms with Crippen LogP contribution in [0.4, 0.5) is 4.79 Å². The number of rotatable bonds is 7. The second-order valence-corrected chi connectivity index (χ2v) is 6.27. The maximum Gasteiger partial charge on any atom is 0.408 e. The summed E-state index contributed by atoms with van der Waals surface area (Å²) in [4.78, 5) is 46.8. The summed E-state index contributed by atoms with van der Waals surface area (Å²) in [6, 6.07) is 6.92. The van der Waals surface area contributed by atoms with Gasteiger partial charge in [0.25, 0.3) is 0 Å². The fourth-order valence-corrected chi connectivity index (χ4v) is 1.79. The maximum absolute atomic E-state index is 12.1. The van der Waals surface area contributed by atoms with Gasteiger partial charge in [-0.2, -0.15) is 0 Å². The third-order valence-corrected chi connectivity index (χ3v) is 2.82. The zero-order valence-corrected chi connectivity index (χ0v) is 14.4. The number of hydrogen-bond acceptors (Lipinski definition) is 6. The number of carbonyl (C=O) groups is 4. The highest BCUT2D eigenvalue weighted by atomic mass is 16.6. The molecule has 3 N–H and O–H groups in total. The first kappa shape index (κ1) is 20.1. The van der Waals surface area contributed by atoms with Crippen LogP contribution in [0.15, 0.2) is 30.3 Å². The Morgan fingerprint density at radius 1 is 1.12 bits per heavy atom. The summed E-state index contributed by atoms with van der Waals surface area (Å²) < 4.78 is 9.90. The zero-order chi connectivity index (χ0) is 19.0. The summed E-state index contributed by atoms with van der Waals surface area (Å²) in [5.74, 6) is -2.18. The number of benzene rings is 1. The number of esters is 1. The molecule has 0 saturated heterocycles. The predicted octanol–water partition coefficient (Wildman–Crippen LogP) is 1.18. The molecule has 0 fully saturated rings. The van der Waals surface area contributed by atoms with Crippen molar-refractivity contribution in [2.45, 2.75) is 38.8 Å². The molecule has 136 valence electrons. The molecule has 2 amide bonds. The highest BCUT2D eigenvalue weighted by Gasteiger charge is 2.27. The lowest BCUT2D eigenvalue weighted by Crippen LogP contribution is -2.46. The molecule has 0 aliphatic heterocycles. The van der Waals surface area contributed by atoms with Crippen LogP contribution in [0.3, 0.4) is 0 Å². The van der Waals surface area contributed by atoms with E-state index < -0.39 is 48.4 Å². The van der Waals surface area contributed by atoms with Crippen molar-refractivity contribution < 1.29 is 28.7 Å². The Morgan fingerprint density at radius 2 is 1.72 bits per heavy atom. The molecule has 1 aromatic rings. The number of Topliss-reactive ketones (excluding diaryl/α,β-unsaturated/α-hetero) is 1. The molecule has 0 aliphatic rings. The number of nitrogens with one attached hydrogen (secondary N) is 1. The molecule has 1 aromatic carbocycles. The summed E-state index contributed by atoms with van der Waals surface area (Å²) >= 11 is 0. The lowest BCUT2D eigenvalue weighted by atomic mass is 10.1. The van der Waals surface area contributed by atoms with Crippen LogP contribution in [0.1, 0.15) is 37.6 Å². The van der Waals surface area contributed by atoms with Crippen LogP contribution in [-0.2, 0) is 19.1 Å². The second-order valence-electron chi connectivity index (χ2n) is 6.27. The van der Waals surface area contributed by atoms with Gasteiger partial charge in [-0.15, -0.1) is 0 Å². The van der Waals surface area contributed by atoms with Crippen LogP contribution in [0, 0.1) is 0 Å². The van der Waals surface area contributed by atoms with Crippen molar-refractivity contribution in [1.29, 1.82) is 0 Å². The van der Waals surface area contributed by atoms with E-state index >= 15 is 0 Å². The highest BCUT2D eigenvalue weighted by Crippen LogP contribution is 2.08. The monoisotopic (exact) mass is 350 g/mol. The van der Waals surface area contributed by atoms with E-state index in [2.05, 4.69) is 5.32 Å². The van der Waals surface area contributed by atoms with Crippen molar-refractivity contribution in [3.63, 3.8) is 0 Å². The molecule has 0 bridgehead atoms. The van der Waals surface area contributed by atoms with Gasteiger partial charge in [-0.05, 0) is 20.8 Å². The summed E-state index contributed by atoms with van der Waals surface area (Å²) in [6.45, 7) is 4.42. The number of ketones is 1. The maximum atomic E-state index is 12.1. The number of amides is 2. The molecule has 0 aromatic heterocycles. The van der Waals surface area contributed by atoms with Gasteiger partial charge in [-0.1, -0.05) is 30.3 Å². The van der Waals surface area contributed by atoms with E-state index in [4.69, 9.17) is 15.2 Å². The van der Waals surface area contributed by atoms with Crippen molar-refractivity contribution in [3.05, 3.63) is 35.9 Å². The first-order chi connectivity index (χ1) is 11.6. The first-order valence-electron chi connectivity index (χ1n) is 7.61. The van der Waals surface area contributed by atoms with Crippen LogP contribution in [0.2, 0.25) is 0 Å². The third-order valence-electron chi connectivity index (χ3n) is 2.82. The van der Waals surface area contributed by atoms with Gasteiger partial charge in [0, 0.05) is 5.56 Å². The second kappa shape index (κ2) is 8.81. The summed E-state index contributed by atoms with van der Waals surface area (Å²) in [6.07, 6.45) is -1.37. The fraction of sp³-hybridized carbons (Fsp3) is 0.412. The summed E-state index contributed by atoms with van der Waals surface area (Å²) in [5.41, 5.74) is 4.67. The molecule has 0 spiro atoms. The SMILES string of the molecule is CC(C)(C)OC(=O)N[C@@H](CC(N)=O)C(=O)OCC(=O)c1ccccc1. The van der Waals surface area contributed by atoms with Gasteiger partial charge in [0.2, 0.25) is 5.91 Å². The quantitative estimate of drug-likeness (QED) is 0.562. The van der Waals surface area contributed by atoms with Gasteiger partial charge in [0.1, 0.15) is 11.6 Å². The van der Waals surface area contributed by atoms with Crippen molar-refractivity contribution in [3.8, 4) is 0 Å². The molecule has 0 unspecified atom stereocenters. The Bertz CT molecular complexity index is 636. The van der Waals surface area contributed by atoms with Gasteiger partial charge in [0.05, 0.1) is 6.42 Å². The summed E-state index contributed by atoms with van der Waals surface area (Å²) in [5, 5.41) is 2.22. The Kier molecular flexibility index (Phi) is 7.10. The normalized spacial score (nSPS) is 12.0. The minimum absolute atomic E-state index is 0.377. The van der Waals surface area contributed by atoms with Crippen molar-refractivity contribution in [1.82, 2.24) is 5.32 Å². The predicted molar refractivity (Wildman–Crippen MR) is 88.7 cm³/mol. The molecule has 1 atom stereocenters. The zero-order valence-electron chi connectivity index (χ0n) is 14.4. The van der Waals surface area contributed by atoms with E-state index in [-0.39, 0.29) is 0 Å². The molecule has 0 heterocycles. The van der Waals surface area contributed by atoms with Crippen LogP contribution in [-0.4, -0.2) is 42.0 Å². The molecule has 25 heavy (non-hydrogen) atoms. The summed E-state index contributed by atoms with van der Waals surface area (Å²) in [7, 11) is 0. The van der Waals surface area contributed by atoms with Crippen molar-refractivity contribution >= 4 is 23.8 Å². The van der Waals surface area contributed by atoms with Crippen molar-refractivity contribution in [2.24, 2.45) is 5.73 Å². The highest BCUT2D eigenvalue weighted by molar-refractivity contribution is 5.98. The number of hydrogen-bond donors (Lipinski definition) is 2. The van der Waals surface area contributed by atoms with Crippen LogP contribution >= 0.6 is 0 Å². The first-order valence-corrected chi connectivity index (χ1v) is 7.61. The molecule has 0 saturated carbocycles. The number of alkyl carbamates (subject to hydrolysis) is 1. The fourth-order valence-electron chi connectivity index (χ4n) is 1.79. The van der Waals surface area contributed by atoms with Gasteiger partial charge in [-0.25, -0.2) is 9.59 Å². The molecule has 1 rings (SSSR count). The lowest BCUT2D eigenvalue weighted by Gasteiger charge is -2.22. The van der Waals surface area contributed by atoms with Gasteiger partial charge in [-0.3, -0.25) is 9.59 Å². The van der Waals surface area contributed by atoms with E-state index in [1.165, 1.54) is 0 Å². The number of nitrogens with two attached hydrogens (primary N) is 1. The van der Waals surface area contributed by atoms with Gasteiger partial charge in [0.15, 0.2) is 12.4 Å². The smallest absolute Gasteiger partial charge is 0.408 e. The molecule has 0 aliphatic carbocycles. The van der Waals surface area contributed by atoms with Crippen LogP contribution in [0.5, 0.6) is 0 Å². The van der Waals surface area contributed by atoms with E-state index in [1.807, 2.05) is 0 Å². The largest absolute Gasteiger partial charge is 0.456 e. The van der Waals surface area contributed by atoms with Gasteiger partial charge >= 0.3 is 12.1 Å². The van der Waals surface area contributed by atoms with E-state index in [0.29, 0.717) is 5.56 Å². The van der Waals surface area contributed by atoms with Crippen LogP contribution < -0.4 is 11.1 Å². The Hall–Kier alpha value is -2.90. The molecule has 8 heteroatoms. The number of ether oxygens (including phenoxy) is 2. The van der Waals surface area contributed by atoms with Gasteiger partial charge < -0.3 is 20.5 Å². The molecular formula is C17H22N2O6. The lowest BCUT2D eigenvalue weighted by molar-refractivity contribution is -0.146. The van der Waals surface area contributed by atoms with E-state index in [9.17, 15) is 19.2 Å². The van der Waals surface area contributed by atoms with Crippen molar-refractivity contribution in [2.75, 3.05) is 6.61 Å². The molecule has 0 radical (unpaired) electrons. The number of primary amides is 1. The van der Waals surface area contributed by atoms with Crippen LogP contribution in [0.25, 0.3) is 0 Å². The average molecular weight is 350 g/mol. The minimum atomic E-state index is -1.34. The minimum Gasteiger partial charge on any atom is -0.456 e. The third kappa shape index (κ3) is 7.96. The van der Waals surface area contributed by atoms with E-state index in [1.54, 1.807) is 51.1 Å².